The number of halogens is 1. The van der Waals surface area contributed by atoms with Crippen molar-refractivity contribution in [1.82, 2.24) is 14.8 Å². The standard InChI is InChI=1S/C13H21BrN4/c1-10-9-17(2)3-4-18(10)13(6-15)11-5-12(14)8-16-7-11/h5,7-8,10,13H,3-4,6,9,15H2,1-2H3. The molecule has 1 fully saturated rings. The molecule has 0 aliphatic carbocycles. The van der Waals surface area contributed by atoms with E-state index in [1.807, 2.05) is 12.4 Å². The van der Waals surface area contributed by atoms with Crippen molar-refractivity contribution in [3.8, 4) is 0 Å². The Balaban J connectivity index is 2.18. The Bertz CT molecular complexity index is 398. The topological polar surface area (TPSA) is 45.4 Å². The highest BCUT2D eigenvalue weighted by atomic mass is 79.9. The van der Waals surface area contributed by atoms with Gasteiger partial charge in [0.25, 0.3) is 0 Å². The van der Waals surface area contributed by atoms with Crippen LogP contribution in [0.2, 0.25) is 0 Å². The minimum absolute atomic E-state index is 0.263. The van der Waals surface area contributed by atoms with Gasteiger partial charge in [-0.15, -0.1) is 0 Å². The molecule has 2 rings (SSSR count). The fourth-order valence-corrected chi connectivity index (χ4v) is 3.07. The molecular weight excluding hydrogens is 292 g/mol. The van der Waals surface area contributed by atoms with E-state index < -0.39 is 0 Å². The van der Waals surface area contributed by atoms with Crippen LogP contribution in [0.3, 0.4) is 0 Å². The van der Waals surface area contributed by atoms with Crippen LogP contribution in [0.15, 0.2) is 22.9 Å². The fourth-order valence-electron chi connectivity index (χ4n) is 2.69. The molecule has 2 heterocycles. The first-order valence-corrected chi connectivity index (χ1v) is 7.16. The molecule has 0 radical (unpaired) electrons. The average Bonchev–Trinajstić information content (AvgIpc) is 2.33. The third-order valence-corrected chi connectivity index (χ3v) is 4.05. The van der Waals surface area contributed by atoms with Crippen LogP contribution in [0.1, 0.15) is 18.5 Å². The van der Waals surface area contributed by atoms with E-state index in [4.69, 9.17) is 5.73 Å². The van der Waals surface area contributed by atoms with Gasteiger partial charge in [-0.1, -0.05) is 0 Å². The van der Waals surface area contributed by atoms with Crippen molar-refractivity contribution in [2.75, 3.05) is 33.2 Å². The summed E-state index contributed by atoms with van der Waals surface area (Å²) in [6.07, 6.45) is 3.73. The third kappa shape index (κ3) is 3.09. The first-order chi connectivity index (χ1) is 8.61. The number of aromatic nitrogens is 1. The Labute approximate surface area is 117 Å². The maximum Gasteiger partial charge on any atom is 0.0489 e. The van der Waals surface area contributed by atoms with Crippen molar-refractivity contribution in [3.63, 3.8) is 0 Å². The van der Waals surface area contributed by atoms with Gasteiger partial charge < -0.3 is 10.6 Å². The molecule has 4 nitrogen and oxygen atoms in total. The molecule has 1 saturated heterocycles. The molecule has 1 aromatic heterocycles. The van der Waals surface area contributed by atoms with Crippen molar-refractivity contribution in [1.29, 1.82) is 0 Å². The van der Waals surface area contributed by atoms with Crippen LogP contribution in [0.5, 0.6) is 0 Å². The van der Waals surface area contributed by atoms with Crippen LogP contribution in [0, 0.1) is 0 Å². The number of hydrogen-bond donors (Lipinski definition) is 1. The Morgan fingerprint density at radius 1 is 1.50 bits per heavy atom. The number of nitrogens with zero attached hydrogens (tertiary/aromatic N) is 3. The molecule has 2 N–H and O–H groups in total. The molecule has 0 amide bonds. The number of nitrogens with two attached hydrogens (primary N) is 1. The summed E-state index contributed by atoms with van der Waals surface area (Å²) in [6, 6.07) is 2.91. The zero-order chi connectivity index (χ0) is 13.1. The van der Waals surface area contributed by atoms with Gasteiger partial charge in [0.15, 0.2) is 0 Å². The smallest absolute Gasteiger partial charge is 0.0489 e. The van der Waals surface area contributed by atoms with Gasteiger partial charge in [0.1, 0.15) is 0 Å². The van der Waals surface area contributed by atoms with E-state index in [1.165, 1.54) is 5.56 Å². The van der Waals surface area contributed by atoms with E-state index in [0.717, 1.165) is 24.1 Å². The van der Waals surface area contributed by atoms with Crippen LogP contribution >= 0.6 is 15.9 Å². The molecule has 18 heavy (non-hydrogen) atoms. The predicted octanol–water partition coefficient (Wildman–Crippen LogP) is 1.48. The molecule has 5 heteroatoms. The Hall–Kier alpha value is -0.490. The number of pyridine rings is 1. The molecule has 100 valence electrons. The molecule has 1 aromatic rings. The number of rotatable bonds is 3. The van der Waals surface area contributed by atoms with E-state index in [-0.39, 0.29) is 6.04 Å². The Morgan fingerprint density at radius 2 is 2.28 bits per heavy atom. The van der Waals surface area contributed by atoms with Crippen LogP contribution in [0.4, 0.5) is 0 Å². The Kier molecular flexibility index (Phi) is 4.72. The summed E-state index contributed by atoms with van der Waals surface area (Å²) in [5, 5.41) is 0. The van der Waals surface area contributed by atoms with Gasteiger partial charge in [-0.2, -0.15) is 0 Å². The molecule has 0 saturated carbocycles. The highest BCUT2D eigenvalue weighted by molar-refractivity contribution is 9.10. The van der Waals surface area contributed by atoms with Gasteiger partial charge in [-0.05, 0) is 41.5 Å². The minimum Gasteiger partial charge on any atom is -0.329 e. The summed E-state index contributed by atoms with van der Waals surface area (Å²) in [5.74, 6) is 0. The van der Waals surface area contributed by atoms with Crippen LogP contribution < -0.4 is 5.73 Å². The van der Waals surface area contributed by atoms with Gasteiger partial charge in [0, 0.05) is 55.1 Å². The molecule has 1 aliphatic heterocycles. The van der Waals surface area contributed by atoms with E-state index in [9.17, 15) is 0 Å². The zero-order valence-electron chi connectivity index (χ0n) is 11.0. The van der Waals surface area contributed by atoms with E-state index in [1.54, 1.807) is 0 Å². The SMILES string of the molecule is CC1CN(C)CCN1C(CN)c1cncc(Br)c1. The molecular formula is C13H21BrN4. The monoisotopic (exact) mass is 312 g/mol. The summed E-state index contributed by atoms with van der Waals surface area (Å²) in [7, 11) is 2.17. The largest absolute Gasteiger partial charge is 0.329 e. The maximum atomic E-state index is 5.98. The second kappa shape index (κ2) is 6.10. The quantitative estimate of drug-likeness (QED) is 0.918. The lowest BCUT2D eigenvalue weighted by molar-refractivity contribution is 0.0634. The van der Waals surface area contributed by atoms with Crippen LogP contribution in [-0.4, -0.2) is 54.1 Å². The molecule has 1 aliphatic rings. The number of hydrogen-bond acceptors (Lipinski definition) is 4. The summed E-state index contributed by atoms with van der Waals surface area (Å²) >= 11 is 3.48. The minimum atomic E-state index is 0.263. The van der Waals surface area contributed by atoms with E-state index >= 15 is 0 Å². The molecule has 0 aromatic carbocycles. The van der Waals surface area contributed by atoms with Crippen LogP contribution in [-0.2, 0) is 0 Å². The van der Waals surface area contributed by atoms with Crippen molar-refractivity contribution < 1.29 is 0 Å². The summed E-state index contributed by atoms with van der Waals surface area (Å²) in [6.45, 7) is 6.15. The number of piperazine rings is 1. The number of likely N-dealkylation sites (N-methyl/N-ethyl adjacent to an activating group) is 1. The average molecular weight is 313 g/mol. The lowest BCUT2D eigenvalue weighted by atomic mass is 10.0. The molecule has 0 spiro atoms. The first kappa shape index (κ1) is 13.9. The highest BCUT2D eigenvalue weighted by Gasteiger charge is 2.28. The zero-order valence-corrected chi connectivity index (χ0v) is 12.6. The van der Waals surface area contributed by atoms with Gasteiger partial charge in [0.2, 0.25) is 0 Å². The van der Waals surface area contributed by atoms with E-state index in [0.29, 0.717) is 12.6 Å². The van der Waals surface area contributed by atoms with Gasteiger partial charge in [-0.3, -0.25) is 9.88 Å². The maximum absolute atomic E-state index is 5.98. The summed E-state index contributed by atoms with van der Waals surface area (Å²) in [5.41, 5.74) is 7.18. The van der Waals surface area contributed by atoms with Crippen molar-refractivity contribution >= 4 is 15.9 Å². The van der Waals surface area contributed by atoms with Crippen molar-refractivity contribution in [3.05, 3.63) is 28.5 Å². The summed E-state index contributed by atoms with van der Waals surface area (Å²) < 4.78 is 1.01. The van der Waals surface area contributed by atoms with Crippen molar-refractivity contribution in [2.24, 2.45) is 5.73 Å². The third-order valence-electron chi connectivity index (χ3n) is 3.62. The lowest BCUT2D eigenvalue weighted by Crippen LogP contribution is -2.52. The molecule has 0 bridgehead atoms. The van der Waals surface area contributed by atoms with E-state index in [2.05, 4.69) is 50.8 Å². The second-order valence-electron chi connectivity index (χ2n) is 5.04. The predicted molar refractivity (Wildman–Crippen MR) is 77.4 cm³/mol. The van der Waals surface area contributed by atoms with Gasteiger partial charge in [0.05, 0.1) is 0 Å². The molecule has 2 atom stereocenters. The first-order valence-electron chi connectivity index (χ1n) is 6.36. The normalized spacial score (nSPS) is 24.1. The fraction of sp³-hybridized carbons (Fsp3) is 0.615. The lowest BCUT2D eigenvalue weighted by Gasteiger charge is -2.42. The highest BCUT2D eigenvalue weighted by Crippen LogP contribution is 2.25. The van der Waals surface area contributed by atoms with Gasteiger partial charge in [-0.25, -0.2) is 0 Å². The Morgan fingerprint density at radius 3 is 2.89 bits per heavy atom. The molecule has 2 unspecified atom stereocenters. The summed E-state index contributed by atoms with van der Waals surface area (Å²) in [4.78, 5) is 9.11. The van der Waals surface area contributed by atoms with Gasteiger partial charge >= 0.3 is 0 Å². The second-order valence-corrected chi connectivity index (χ2v) is 5.95. The van der Waals surface area contributed by atoms with Crippen molar-refractivity contribution in [2.45, 2.75) is 19.0 Å². The van der Waals surface area contributed by atoms with Crippen LogP contribution in [0.25, 0.3) is 0 Å².